The molecule has 1 fully saturated rings. The molecule has 0 amide bonds. The van der Waals surface area contributed by atoms with Crippen molar-refractivity contribution >= 4 is 10.2 Å². The van der Waals surface area contributed by atoms with Gasteiger partial charge in [0, 0.05) is 32.8 Å². The lowest BCUT2D eigenvalue weighted by atomic mass is 10.00. The molecule has 0 aromatic carbocycles. The van der Waals surface area contributed by atoms with Gasteiger partial charge in [0.15, 0.2) is 0 Å². The summed E-state index contributed by atoms with van der Waals surface area (Å²) in [4.78, 5) is 0. The summed E-state index contributed by atoms with van der Waals surface area (Å²) in [7, 11) is -3.28. The standard InChI is InChI=1S/C11H24N2O3S/c1-3-7-12(4-2)17(15,16)13-8-5-11(10-14)6-9-13/h11,14H,3-10H2,1-2H3. The fraction of sp³-hybridized carbons (Fsp3) is 1.00. The van der Waals surface area contributed by atoms with Gasteiger partial charge in [-0.2, -0.15) is 17.0 Å². The van der Waals surface area contributed by atoms with Crippen LogP contribution in [0.3, 0.4) is 0 Å². The molecule has 1 aliphatic rings. The van der Waals surface area contributed by atoms with E-state index in [1.807, 2.05) is 13.8 Å². The first-order chi connectivity index (χ1) is 8.06. The molecular weight excluding hydrogens is 240 g/mol. The van der Waals surface area contributed by atoms with Gasteiger partial charge >= 0.3 is 0 Å². The van der Waals surface area contributed by atoms with Crippen molar-refractivity contribution in [3.05, 3.63) is 0 Å². The third kappa shape index (κ3) is 3.64. The largest absolute Gasteiger partial charge is 0.396 e. The number of nitrogens with zero attached hydrogens (tertiary/aromatic N) is 2. The van der Waals surface area contributed by atoms with E-state index in [1.165, 1.54) is 4.31 Å². The summed E-state index contributed by atoms with van der Waals surface area (Å²) in [5, 5.41) is 9.04. The number of hydrogen-bond acceptors (Lipinski definition) is 3. The van der Waals surface area contributed by atoms with Crippen molar-refractivity contribution < 1.29 is 13.5 Å². The van der Waals surface area contributed by atoms with E-state index < -0.39 is 10.2 Å². The highest BCUT2D eigenvalue weighted by Gasteiger charge is 2.31. The van der Waals surface area contributed by atoms with E-state index in [1.54, 1.807) is 4.31 Å². The molecule has 0 bridgehead atoms. The minimum absolute atomic E-state index is 0.167. The lowest BCUT2D eigenvalue weighted by molar-refractivity contribution is 0.166. The Labute approximate surface area is 105 Å². The topological polar surface area (TPSA) is 60.9 Å². The van der Waals surface area contributed by atoms with E-state index in [4.69, 9.17) is 5.11 Å². The van der Waals surface area contributed by atoms with E-state index in [2.05, 4.69) is 0 Å². The summed E-state index contributed by atoms with van der Waals surface area (Å²) in [6.45, 7) is 6.20. The molecule has 1 heterocycles. The van der Waals surface area contributed by atoms with Crippen molar-refractivity contribution in [3.8, 4) is 0 Å². The van der Waals surface area contributed by atoms with Crippen LogP contribution in [0.5, 0.6) is 0 Å². The zero-order valence-electron chi connectivity index (χ0n) is 10.8. The molecule has 1 saturated heterocycles. The van der Waals surface area contributed by atoms with Crippen LogP contribution in [0.2, 0.25) is 0 Å². The Morgan fingerprint density at radius 3 is 2.29 bits per heavy atom. The normalized spacial score (nSPS) is 20.0. The van der Waals surface area contributed by atoms with Crippen LogP contribution < -0.4 is 0 Å². The molecule has 1 aliphatic heterocycles. The number of piperidine rings is 1. The Balaban J connectivity index is 2.64. The minimum Gasteiger partial charge on any atom is -0.396 e. The van der Waals surface area contributed by atoms with Crippen molar-refractivity contribution in [2.75, 3.05) is 32.8 Å². The Kier molecular flexibility index (Phi) is 5.85. The Morgan fingerprint density at radius 1 is 1.29 bits per heavy atom. The van der Waals surface area contributed by atoms with Crippen LogP contribution in [-0.4, -0.2) is 54.9 Å². The molecule has 0 saturated carbocycles. The Hall–Kier alpha value is -0.170. The second-order valence-corrected chi connectivity index (χ2v) is 6.45. The average Bonchev–Trinajstić information content (AvgIpc) is 2.35. The van der Waals surface area contributed by atoms with Gasteiger partial charge in [-0.05, 0) is 25.2 Å². The fourth-order valence-electron chi connectivity index (χ4n) is 2.17. The minimum atomic E-state index is -3.28. The predicted octanol–water partition coefficient (Wildman–Crippen LogP) is 0.667. The number of aliphatic hydroxyl groups excluding tert-OH is 1. The quantitative estimate of drug-likeness (QED) is 0.767. The van der Waals surface area contributed by atoms with Gasteiger partial charge in [-0.1, -0.05) is 13.8 Å². The predicted molar refractivity (Wildman–Crippen MR) is 67.8 cm³/mol. The smallest absolute Gasteiger partial charge is 0.281 e. The lowest BCUT2D eigenvalue weighted by Crippen LogP contribution is -2.47. The summed E-state index contributed by atoms with van der Waals surface area (Å²) in [6, 6.07) is 0. The molecule has 102 valence electrons. The lowest BCUT2D eigenvalue weighted by Gasteiger charge is -2.34. The van der Waals surface area contributed by atoms with Crippen molar-refractivity contribution in [1.29, 1.82) is 0 Å². The molecule has 6 heteroatoms. The number of hydrogen-bond donors (Lipinski definition) is 1. The molecule has 1 rings (SSSR count). The summed E-state index contributed by atoms with van der Waals surface area (Å²) in [5.41, 5.74) is 0. The van der Waals surface area contributed by atoms with Gasteiger partial charge in [-0.3, -0.25) is 0 Å². The SMILES string of the molecule is CCCN(CC)S(=O)(=O)N1CCC(CO)CC1. The highest BCUT2D eigenvalue weighted by Crippen LogP contribution is 2.20. The third-order valence-corrected chi connectivity index (χ3v) is 5.42. The summed E-state index contributed by atoms with van der Waals surface area (Å²) >= 11 is 0. The van der Waals surface area contributed by atoms with Crippen molar-refractivity contribution in [2.24, 2.45) is 5.92 Å². The van der Waals surface area contributed by atoms with Crippen LogP contribution in [0.25, 0.3) is 0 Å². The zero-order chi connectivity index (χ0) is 12.9. The van der Waals surface area contributed by atoms with Crippen molar-refractivity contribution in [2.45, 2.75) is 33.1 Å². The van der Waals surface area contributed by atoms with Crippen LogP contribution >= 0.6 is 0 Å². The second-order valence-electron chi connectivity index (χ2n) is 4.52. The van der Waals surface area contributed by atoms with Gasteiger partial charge in [0.25, 0.3) is 10.2 Å². The van der Waals surface area contributed by atoms with Crippen LogP contribution in [0.15, 0.2) is 0 Å². The maximum atomic E-state index is 12.3. The third-order valence-electron chi connectivity index (χ3n) is 3.31. The molecule has 17 heavy (non-hydrogen) atoms. The molecule has 1 N–H and O–H groups in total. The summed E-state index contributed by atoms with van der Waals surface area (Å²) in [6.07, 6.45) is 2.36. The van der Waals surface area contributed by atoms with E-state index in [9.17, 15) is 8.42 Å². The van der Waals surface area contributed by atoms with Crippen molar-refractivity contribution in [3.63, 3.8) is 0 Å². The molecule has 0 unspecified atom stereocenters. The van der Waals surface area contributed by atoms with Gasteiger partial charge < -0.3 is 5.11 Å². The molecule has 0 atom stereocenters. The summed E-state index contributed by atoms with van der Waals surface area (Å²) in [5.74, 6) is 0.266. The second kappa shape index (κ2) is 6.68. The fourth-order valence-corrected chi connectivity index (χ4v) is 3.91. The molecule has 0 spiro atoms. The highest BCUT2D eigenvalue weighted by molar-refractivity contribution is 7.86. The maximum Gasteiger partial charge on any atom is 0.281 e. The Morgan fingerprint density at radius 2 is 1.88 bits per heavy atom. The van der Waals surface area contributed by atoms with Crippen molar-refractivity contribution in [1.82, 2.24) is 8.61 Å². The van der Waals surface area contributed by atoms with Crippen LogP contribution in [0.1, 0.15) is 33.1 Å². The molecule has 5 nitrogen and oxygen atoms in total. The molecule has 0 aliphatic carbocycles. The Bertz CT molecular complexity index is 311. The zero-order valence-corrected chi connectivity index (χ0v) is 11.6. The first-order valence-electron chi connectivity index (χ1n) is 6.42. The first-order valence-corrected chi connectivity index (χ1v) is 7.82. The first kappa shape index (κ1) is 14.9. The number of aliphatic hydroxyl groups is 1. The molecule has 0 aromatic heterocycles. The molecular formula is C11H24N2O3S. The van der Waals surface area contributed by atoms with E-state index in [-0.39, 0.29) is 12.5 Å². The molecule has 0 aromatic rings. The highest BCUT2D eigenvalue weighted by atomic mass is 32.2. The van der Waals surface area contributed by atoms with Crippen LogP contribution in [0, 0.1) is 5.92 Å². The maximum absolute atomic E-state index is 12.3. The van der Waals surface area contributed by atoms with Gasteiger partial charge in [-0.15, -0.1) is 0 Å². The van der Waals surface area contributed by atoms with Crippen LogP contribution in [0.4, 0.5) is 0 Å². The average molecular weight is 264 g/mol. The van der Waals surface area contributed by atoms with Gasteiger partial charge in [0.1, 0.15) is 0 Å². The van der Waals surface area contributed by atoms with Gasteiger partial charge in [-0.25, -0.2) is 0 Å². The summed E-state index contributed by atoms with van der Waals surface area (Å²) < 4.78 is 27.7. The number of rotatable bonds is 6. The van der Waals surface area contributed by atoms with E-state index in [0.717, 1.165) is 19.3 Å². The van der Waals surface area contributed by atoms with Gasteiger partial charge in [0.2, 0.25) is 0 Å². The van der Waals surface area contributed by atoms with E-state index >= 15 is 0 Å². The monoisotopic (exact) mass is 264 g/mol. The van der Waals surface area contributed by atoms with Crippen LogP contribution in [-0.2, 0) is 10.2 Å². The molecule has 0 radical (unpaired) electrons. The van der Waals surface area contributed by atoms with Gasteiger partial charge in [0.05, 0.1) is 0 Å². The van der Waals surface area contributed by atoms with E-state index in [0.29, 0.717) is 26.2 Å².